The first-order valence-electron chi connectivity index (χ1n) is 9.05. The molecule has 1 saturated carbocycles. The first-order valence-corrected chi connectivity index (χ1v) is 9.05. The summed E-state index contributed by atoms with van der Waals surface area (Å²) in [7, 11) is 0. The van der Waals surface area contributed by atoms with Crippen LogP contribution in [0.3, 0.4) is 0 Å². The average Bonchev–Trinajstić information content (AvgIpc) is 3.28. The van der Waals surface area contributed by atoms with Crippen LogP contribution in [0.1, 0.15) is 26.2 Å². The summed E-state index contributed by atoms with van der Waals surface area (Å²) in [6.07, 6.45) is 6.38. The molecule has 2 heterocycles. The quantitative estimate of drug-likeness (QED) is 0.565. The van der Waals surface area contributed by atoms with Crippen LogP contribution in [0, 0.1) is 23.7 Å². The van der Waals surface area contributed by atoms with Gasteiger partial charge in [0.15, 0.2) is 0 Å². The molecule has 0 aromatic carbocycles. The van der Waals surface area contributed by atoms with Crippen LogP contribution in [0.2, 0.25) is 0 Å². The number of imide groups is 1. The maximum absolute atomic E-state index is 13.0. The smallest absolute Gasteiger partial charge is 0.246 e. The van der Waals surface area contributed by atoms with Crippen LogP contribution in [0.5, 0.6) is 0 Å². The number of rotatable bonds is 4. The van der Waals surface area contributed by atoms with E-state index in [9.17, 15) is 14.4 Å². The van der Waals surface area contributed by atoms with Crippen LogP contribution in [0.25, 0.3) is 0 Å². The fourth-order valence-corrected chi connectivity index (χ4v) is 4.86. The Hall–Kier alpha value is -1.69. The second kappa shape index (κ2) is 5.99. The summed E-state index contributed by atoms with van der Waals surface area (Å²) in [6, 6.07) is -0.641. The molecule has 0 N–H and O–H groups in total. The Bertz CT molecular complexity index is 566. The molecule has 130 valence electrons. The van der Waals surface area contributed by atoms with Gasteiger partial charge in [-0.05, 0) is 24.7 Å². The van der Waals surface area contributed by atoms with Gasteiger partial charge in [0.05, 0.1) is 25.0 Å². The van der Waals surface area contributed by atoms with E-state index in [2.05, 4.69) is 12.2 Å². The Morgan fingerprint density at radius 3 is 2.29 bits per heavy atom. The summed E-state index contributed by atoms with van der Waals surface area (Å²) in [5.41, 5.74) is 0. The minimum Gasteiger partial charge on any atom is -0.378 e. The Morgan fingerprint density at radius 2 is 1.75 bits per heavy atom. The van der Waals surface area contributed by atoms with E-state index in [4.69, 9.17) is 4.74 Å². The second-order valence-electron chi connectivity index (χ2n) is 7.29. The van der Waals surface area contributed by atoms with Crippen molar-refractivity contribution in [3.8, 4) is 0 Å². The van der Waals surface area contributed by atoms with Gasteiger partial charge in [0, 0.05) is 13.1 Å². The van der Waals surface area contributed by atoms with Gasteiger partial charge < -0.3 is 9.64 Å². The second-order valence-corrected chi connectivity index (χ2v) is 7.29. The SMILES string of the molecule is CCC[C@@H](C(=O)N1CCOCC1)N1C(=O)[C@@H]2[C@@H](C1=O)[C@H]1C=C[C@@H]2C1. The van der Waals surface area contributed by atoms with E-state index in [-0.39, 0.29) is 41.4 Å². The predicted molar refractivity (Wildman–Crippen MR) is 85.7 cm³/mol. The topological polar surface area (TPSA) is 66.9 Å². The molecular weight excluding hydrogens is 308 g/mol. The van der Waals surface area contributed by atoms with Crippen molar-refractivity contribution in [2.75, 3.05) is 26.3 Å². The largest absolute Gasteiger partial charge is 0.378 e. The standard InChI is InChI=1S/C18H24N2O4/c1-2-3-13(16(21)19-6-8-24-9-7-19)20-17(22)14-11-4-5-12(10-11)15(14)18(20)23/h4-5,11-15H,2-3,6-10H2,1H3/t11-,12+,13-,14-,15-/m0/s1. The number of hydrogen-bond acceptors (Lipinski definition) is 4. The lowest BCUT2D eigenvalue weighted by Gasteiger charge is -2.34. The summed E-state index contributed by atoms with van der Waals surface area (Å²) in [4.78, 5) is 42.0. The van der Waals surface area contributed by atoms with Crippen molar-refractivity contribution in [2.24, 2.45) is 23.7 Å². The molecule has 0 aromatic rings. The molecular formula is C18H24N2O4. The highest BCUT2D eigenvalue weighted by Gasteiger charge is 2.61. The molecule has 3 amide bonds. The van der Waals surface area contributed by atoms with Gasteiger partial charge in [-0.2, -0.15) is 0 Å². The van der Waals surface area contributed by atoms with E-state index in [1.165, 1.54) is 4.90 Å². The Labute approximate surface area is 141 Å². The number of likely N-dealkylation sites (tertiary alicyclic amines) is 1. The number of allylic oxidation sites excluding steroid dienone is 2. The van der Waals surface area contributed by atoms with Gasteiger partial charge in [-0.15, -0.1) is 0 Å². The van der Waals surface area contributed by atoms with E-state index in [0.29, 0.717) is 32.7 Å². The van der Waals surface area contributed by atoms with E-state index >= 15 is 0 Å². The first kappa shape index (κ1) is 15.8. The molecule has 0 aromatic heterocycles. The summed E-state index contributed by atoms with van der Waals surface area (Å²) in [5, 5.41) is 0. The van der Waals surface area contributed by atoms with Gasteiger partial charge in [-0.3, -0.25) is 19.3 Å². The minimum atomic E-state index is -0.641. The van der Waals surface area contributed by atoms with Gasteiger partial charge in [0.1, 0.15) is 6.04 Å². The van der Waals surface area contributed by atoms with E-state index < -0.39 is 6.04 Å². The molecule has 2 aliphatic carbocycles. The summed E-state index contributed by atoms with van der Waals surface area (Å²) in [6.45, 7) is 4.10. The van der Waals surface area contributed by atoms with Crippen molar-refractivity contribution in [2.45, 2.75) is 32.2 Å². The number of nitrogens with zero attached hydrogens (tertiary/aromatic N) is 2. The Balaban J connectivity index is 1.58. The number of ether oxygens (including phenoxy) is 1. The molecule has 6 heteroatoms. The van der Waals surface area contributed by atoms with Crippen molar-refractivity contribution in [1.82, 2.24) is 9.80 Å². The molecule has 5 atom stereocenters. The lowest BCUT2D eigenvalue weighted by molar-refractivity contribution is -0.154. The third kappa shape index (κ3) is 2.23. The van der Waals surface area contributed by atoms with Gasteiger partial charge in [-0.25, -0.2) is 0 Å². The fourth-order valence-electron chi connectivity index (χ4n) is 4.86. The lowest BCUT2D eigenvalue weighted by atomic mass is 9.85. The molecule has 4 rings (SSSR count). The van der Waals surface area contributed by atoms with E-state index in [1.807, 2.05) is 6.92 Å². The Morgan fingerprint density at radius 1 is 1.17 bits per heavy atom. The van der Waals surface area contributed by atoms with Crippen LogP contribution >= 0.6 is 0 Å². The van der Waals surface area contributed by atoms with Crippen LogP contribution in [0.4, 0.5) is 0 Å². The predicted octanol–water partition coefficient (Wildman–Crippen LogP) is 0.821. The maximum Gasteiger partial charge on any atom is 0.246 e. The van der Waals surface area contributed by atoms with Gasteiger partial charge in [-0.1, -0.05) is 25.5 Å². The third-order valence-corrected chi connectivity index (χ3v) is 5.99. The number of carbonyl (C=O) groups is 3. The van der Waals surface area contributed by atoms with Gasteiger partial charge in [0.25, 0.3) is 0 Å². The first-order chi connectivity index (χ1) is 11.6. The zero-order valence-electron chi connectivity index (χ0n) is 14.0. The molecule has 6 nitrogen and oxygen atoms in total. The van der Waals surface area contributed by atoms with Crippen molar-refractivity contribution in [1.29, 1.82) is 0 Å². The fraction of sp³-hybridized carbons (Fsp3) is 0.722. The molecule has 2 saturated heterocycles. The lowest BCUT2D eigenvalue weighted by Crippen LogP contribution is -2.54. The number of carbonyl (C=O) groups excluding carboxylic acids is 3. The average molecular weight is 332 g/mol. The molecule has 0 unspecified atom stereocenters. The highest BCUT2D eigenvalue weighted by atomic mass is 16.5. The van der Waals surface area contributed by atoms with Crippen molar-refractivity contribution >= 4 is 17.7 Å². The minimum absolute atomic E-state index is 0.0953. The molecule has 0 radical (unpaired) electrons. The zero-order valence-corrected chi connectivity index (χ0v) is 14.0. The highest BCUT2D eigenvalue weighted by Crippen LogP contribution is 2.53. The van der Waals surface area contributed by atoms with Crippen LogP contribution in [-0.4, -0.2) is 59.9 Å². The van der Waals surface area contributed by atoms with Crippen LogP contribution in [-0.2, 0) is 19.1 Å². The third-order valence-electron chi connectivity index (χ3n) is 5.99. The molecule has 24 heavy (non-hydrogen) atoms. The maximum atomic E-state index is 13.0. The van der Waals surface area contributed by atoms with Gasteiger partial charge >= 0.3 is 0 Å². The summed E-state index contributed by atoms with van der Waals surface area (Å²) < 4.78 is 5.30. The molecule has 0 spiro atoms. The zero-order chi connectivity index (χ0) is 16.8. The highest BCUT2D eigenvalue weighted by molar-refractivity contribution is 6.09. The van der Waals surface area contributed by atoms with E-state index in [1.54, 1.807) is 4.90 Å². The normalized spacial score (nSPS) is 35.7. The Kier molecular flexibility index (Phi) is 3.95. The number of morpholine rings is 1. The van der Waals surface area contributed by atoms with Crippen molar-refractivity contribution in [3.63, 3.8) is 0 Å². The number of hydrogen-bond donors (Lipinski definition) is 0. The van der Waals surface area contributed by atoms with Crippen LogP contribution < -0.4 is 0 Å². The molecule has 3 fully saturated rings. The number of fused-ring (bicyclic) bond motifs is 5. The summed E-state index contributed by atoms with van der Waals surface area (Å²) in [5.74, 6) is -0.441. The molecule has 4 aliphatic rings. The molecule has 2 bridgehead atoms. The van der Waals surface area contributed by atoms with Crippen LogP contribution in [0.15, 0.2) is 12.2 Å². The van der Waals surface area contributed by atoms with Crippen molar-refractivity contribution in [3.05, 3.63) is 12.2 Å². The molecule has 2 aliphatic heterocycles. The summed E-state index contributed by atoms with van der Waals surface area (Å²) >= 11 is 0. The monoisotopic (exact) mass is 332 g/mol. The van der Waals surface area contributed by atoms with Gasteiger partial charge in [0.2, 0.25) is 17.7 Å². The number of amides is 3. The van der Waals surface area contributed by atoms with Crippen molar-refractivity contribution < 1.29 is 19.1 Å². The van der Waals surface area contributed by atoms with E-state index in [0.717, 1.165) is 12.8 Å².